The average molecular weight is 578 g/mol. The maximum absolute atomic E-state index is 2.44. The SMILES string of the molecule is c1ccc(-c2ccc(N(c3ccc4ccc5c6ccccc6ccc5c4c3)c3cccc4sc5ccccc5c34)cc2)cc1. The molecular weight excluding hydrogens is 551 g/mol. The van der Waals surface area contributed by atoms with Crippen molar-refractivity contribution in [3.63, 3.8) is 0 Å². The number of rotatable bonds is 4. The van der Waals surface area contributed by atoms with Crippen LogP contribution in [0.2, 0.25) is 0 Å². The van der Waals surface area contributed by atoms with E-state index in [4.69, 9.17) is 0 Å². The third-order valence-electron chi connectivity index (χ3n) is 8.84. The van der Waals surface area contributed by atoms with E-state index >= 15 is 0 Å². The van der Waals surface area contributed by atoms with Crippen molar-refractivity contribution < 1.29 is 0 Å². The molecule has 8 aromatic carbocycles. The second kappa shape index (κ2) is 10.1. The van der Waals surface area contributed by atoms with Gasteiger partial charge in [-0.2, -0.15) is 0 Å². The molecule has 0 saturated carbocycles. The summed E-state index contributed by atoms with van der Waals surface area (Å²) in [4.78, 5) is 2.44. The second-order valence-electron chi connectivity index (χ2n) is 11.3. The topological polar surface area (TPSA) is 3.24 Å². The minimum Gasteiger partial charge on any atom is -0.310 e. The molecule has 9 aromatic rings. The van der Waals surface area contributed by atoms with Crippen molar-refractivity contribution in [3.8, 4) is 11.1 Å². The first-order chi connectivity index (χ1) is 21.8. The molecule has 0 radical (unpaired) electrons. The second-order valence-corrected chi connectivity index (χ2v) is 12.4. The summed E-state index contributed by atoms with van der Waals surface area (Å²) in [5.41, 5.74) is 5.91. The lowest BCUT2D eigenvalue weighted by atomic mass is 9.96. The van der Waals surface area contributed by atoms with Crippen LogP contribution in [0.25, 0.3) is 63.6 Å². The largest absolute Gasteiger partial charge is 0.310 e. The molecule has 0 aliphatic rings. The summed E-state index contributed by atoms with van der Waals surface area (Å²) in [6, 6.07) is 59.8. The summed E-state index contributed by atoms with van der Waals surface area (Å²) in [7, 11) is 0. The first kappa shape index (κ1) is 25.1. The predicted molar refractivity (Wildman–Crippen MR) is 192 cm³/mol. The summed E-state index contributed by atoms with van der Waals surface area (Å²) in [5.74, 6) is 0. The Morgan fingerprint density at radius 2 is 0.977 bits per heavy atom. The third-order valence-corrected chi connectivity index (χ3v) is 9.98. The van der Waals surface area contributed by atoms with Crippen LogP contribution in [0.15, 0.2) is 164 Å². The first-order valence-corrected chi connectivity index (χ1v) is 15.8. The molecule has 0 spiro atoms. The van der Waals surface area contributed by atoms with Gasteiger partial charge >= 0.3 is 0 Å². The Kier molecular flexibility index (Phi) is 5.75. The highest BCUT2D eigenvalue weighted by atomic mass is 32.1. The Morgan fingerprint density at radius 3 is 1.82 bits per heavy atom. The van der Waals surface area contributed by atoms with Crippen LogP contribution < -0.4 is 4.90 Å². The predicted octanol–water partition coefficient (Wildman–Crippen LogP) is 12.7. The van der Waals surface area contributed by atoms with Gasteiger partial charge in [0.25, 0.3) is 0 Å². The lowest BCUT2D eigenvalue weighted by molar-refractivity contribution is 1.31. The zero-order chi connectivity index (χ0) is 29.0. The summed E-state index contributed by atoms with van der Waals surface area (Å²) in [6.07, 6.45) is 0. The zero-order valence-corrected chi connectivity index (χ0v) is 24.8. The number of hydrogen-bond acceptors (Lipinski definition) is 2. The number of benzene rings is 8. The maximum Gasteiger partial charge on any atom is 0.0554 e. The lowest BCUT2D eigenvalue weighted by Crippen LogP contribution is -2.10. The number of thiophene rings is 1. The molecule has 44 heavy (non-hydrogen) atoms. The van der Waals surface area contributed by atoms with Gasteiger partial charge in [-0.1, -0.05) is 121 Å². The highest BCUT2D eigenvalue weighted by Gasteiger charge is 2.19. The van der Waals surface area contributed by atoms with Crippen LogP contribution in [0.5, 0.6) is 0 Å². The van der Waals surface area contributed by atoms with Crippen molar-refractivity contribution in [1.82, 2.24) is 0 Å². The fourth-order valence-corrected chi connectivity index (χ4v) is 7.87. The van der Waals surface area contributed by atoms with Crippen LogP contribution in [-0.2, 0) is 0 Å². The molecule has 1 nitrogen and oxygen atoms in total. The van der Waals surface area contributed by atoms with E-state index in [1.165, 1.54) is 69.3 Å². The fourth-order valence-electron chi connectivity index (χ4n) is 6.75. The molecule has 0 aliphatic heterocycles. The lowest BCUT2D eigenvalue weighted by Gasteiger charge is -2.27. The molecule has 1 heterocycles. The van der Waals surface area contributed by atoms with Crippen molar-refractivity contribution in [2.45, 2.75) is 0 Å². The molecule has 9 rings (SSSR count). The van der Waals surface area contributed by atoms with Gasteiger partial charge in [0.15, 0.2) is 0 Å². The fraction of sp³-hybridized carbons (Fsp3) is 0. The minimum atomic E-state index is 1.14. The molecule has 0 aliphatic carbocycles. The first-order valence-electron chi connectivity index (χ1n) is 15.0. The summed E-state index contributed by atoms with van der Waals surface area (Å²) >= 11 is 1.86. The summed E-state index contributed by atoms with van der Waals surface area (Å²) < 4.78 is 2.61. The van der Waals surface area contributed by atoms with E-state index in [1.807, 2.05) is 11.3 Å². The Hall–Kier alpha value is -5.44. The van der Waals surface area contributed by atoms with E-state index in [0.29, 0.717) is 0 Å². The van der Waals surface area contributed by atoms with Crippen molar-refractivity contribution >= 4 is 80.9 Å². The molecule has 2 heteroatoms. The van der Waals surface area contributed by atoms with Crippen LogP contribution in [0.3, 0.4) is 0 Å². The molecule has 0 atom stereocenters. The van der Waals surface area contributed by atoms with E-state index in [-0.39, 0.29) is 0 Å². The molecule has 0 amide bonds. The molecule has 0 bridgehead atoms. The maximum atomic E-state index is 2.44. The highest BCUT2D eigenvalue weighted by Crippen LogP contribution is 2.46. The number of anilines is 3. The van der Waals surface area contributed by atoms with E-state index in [0.717, 1.165) is 11.4 Å². The van der Waals surface area contributed by atoms with Crippen molar-refractivity contribution in [1.29, 1.82) is 0 Å². The third kappa shape index (κ3) is 4.00. The van der Waals surface area contributed by atoms with Gasteiger partial charge < -0.3 is 4.90 Å². The van der Waals surface area contributed by atoms with E-state index in [2.05, 4.69) is 169 Å². The smallest absolute Gasteiger partial charge is 0.0554 e. The van der Waals surface area contributed by atoms with Crippen LogP contribution in [0.4, 0.5) is 17.1 Å². The molecule has 206 valence electrons. The summed E-state index contributed by atoms with van der Waals surface area (Å²) in [6.45, 7) is 0. The van der Waals surface area contributed by atoms with Gasteiger partial charge in [0, 0.05) is 31.5 Å². The number of fused-ring (bicyclic) bond motifs is 8. The Morgan fingerprint density at radius 1 is 0.364 bits per heavy atom. The highest BCUT2D eigenvalue weighted by molar-refractivity contribution is 7.26. The molecule has 0 fully saturated rings. The van der Waals surface area contributed by atoms with E-state index in [9.17, 15) is 0 Å². The van der Waals surface area contributed by atoms with Crippen LogP contribution in [0.1, 0.15) is 0 Å². The van der Waals surface area contributed by atoms with Gasteiger partial charge in [-0.05, 0) is 85.9 Å². The quantitative estimate of drug-likeness (QED) is 0.188. The Bertz CT molecular complexity index is 2490. The minimum absolute atomic E-state index is 1.14. The number of hydrogen-bond donors (Lipinski definition) is 0. The van der Waals surface area contributed by atoms with Gasteiger partial charge in [0.2, 0.25) is 0 Å². The normalized spacial score (nSPS) is 11.6. The molecule has 0 unspecified atom stereocenters. The molecular formula is C42H27NS. The van der Waals surface area contributed by atoms with Gasteiger partial charge in [-0.25, -0.2) is 0 Å². The zero-order valence-electron chi connectivity index (χ0n) is 23.9. The molecule has 0 N–H and O–H groups in total. The van der Waals surface area contributed by atoms with Gasteiger partial charge in [0.1, 0.15) is 0 Å². The van der Waals surface area contributed by atoms with Crippen LogP contribution in [-0.4, -0.2) is 0 Å². The van der Waals surface area contributed by atoms with Gasteiger partial charge in [-0.3, -0.25) is 0 Å². The molecule has 1 aromatic heterocycles. The summed E-state index contributed by atoms with van der Waals surface area (Å²) in [5, 5.41) is 10.2. The van der Waals surface area contributed by atoms with Crippen molar-refractivity contribution in [2.24, 2.45) is 0 Å². The van der Waals surface area contributed by atoms with Crippen LogP contribution in [0, 0.1) is 0 Å². The average Bonchev–Trinajstić information content (AvgIpc) is 3.48. The van der Waals surface area contributed by atoms with E-state index < -0.39 is 0 Å². The Labute approximate surface area is 259 Å². The standard InChI is InChI=1S/C42H27NS/c1-2-9-28(10-3-1)29-17-22-32(23-18-29)43(39-14-8-16-41-42(39)37-13-6-7-15-40(37)44-41)33-24-19-31-21-25-35-34-12-5-4-11-30(34)20-26-36(35)38(31)27-33/h1-27H. The van der Waals surface area contributed by atoms with E-state index in [1.54, 1.807) is 0 Å². The Balaban J connectivity index is 1.30. The van der Waals surface area contributed by atoms with Gasteiger partial charge in [-0.15, -0.1) is 11.3 Å². The monoisotopic (exact) mass is 577 g/mol. The van der Waals surface area contributed by atoms with Crippen LogP contribution >= 0.6 is 11.3 Å². The number of nitrogens with zero attached hydrogens (tertiary/aromatic N) is 1. The van der Waals surface area contributed by atoms with Gasteiger partial charge in [0.05, 0.1) is 5.69 Å². The van der Waals surface area contributed by atoms with Crippen molar-refractivity contribution in [2.75, 3.05) is 4.90 Å². The molecule has 0 saturated heterocycles. The van der Waals surface area contributed by atoms with Crippen molar-refractivity contribution in [3.05, 3.63) is 164 Å².